The van der Waals surface area contributed by atoms with Crippen LogP contribution in [0.1, 0.15) is 5.56 Å². The van der Waals surface area contributed by atoms with Crippen LogP contribution in [0, 0.1) is 0 Å². The molecule has 5 heteroatoms. The van der Waals surface area contributed by atoms with Crippen molar-refractivity contribution in [2.45, 2.75) is 18.7 Å². The van der Waals surface area contributed by atoms with Gasteiger partial charge < -0.3 is 20.5 Å². The summed E-state index contributed by atoms with van der Waals surface area (Å²) in [5.74, 6) is 0.827. The Bertz CT molecular complexity index is 499. The fourth-order valence-electron chi connectivity index (χ4n) is 2.25. The first-order valence-electron chi connectivity index (χ1n) is 6.39. The van der Waals surface area contributed by atoms with E-state index in [0.717, 1.165) is 18.0 Å². The molecule has 0 amide bonds. The first-order chi connectivity index (χ1) is 9.34. The highest BCUT2D eigenvalue weighted by Crippen LogP contribution is 2.23. The van der Waals surface area contributed by atoms with E-state index in [4.69, 9.17) is 15.2 Å². The summed E-state index contributed by atoms with van der Waals surface area (Å²) in [6.07, 6.45) is 7.29. The monoisotopic (exact) mass is 259 g/mol. The number of rotatable bonds is 3. The third-order valence-corrected chi connectivity index (χ3v) is 3.29. The van der Waals surface area contributed by atoms with Gasteiger partial charge in [-0.05, 0) is 29.8 Å². The van der Waals surface area contributed by atoms with E-state index in [2.05, 4.69) is 10.3 Å². The summed E-state index contributed by atoms with van der Waals surface area (Å²) < 4.78 is 11.2. The number of ether oxygens (including phenoxy) is 2. The second-order valence-electron chi connectivity index (χ2n) is 4.57. The maximum atomic E-state index is 6.21. The molecule has 19 heavy (non-hydrogen) atoms. The Hall–Kier alpha value is -1.85. The predicted molar refractivity (Wildman–Crippen MR) is 70.9 cm³/mol. The highest BCUT2D eigenvalue weighted by molar-refractivity contribution is 5.30. The summed E-state index contributed by atoms with van der Waals surface area (Å²) >= 11 is 0. The van der Waals surface area contributed by atoms with Gasteiger partial charge in [0.2, 0.25) is 0 Å². The van der Waals surface area contributed by atoms with Crippen LogP contribution >= 0.6 is 0 Å². The van der Waals surface area contributed by atoms with Crippen LogP contribution < -0.4 is 11.1 Å². The predicted octanol–water partition coefficient (Wildman–Crippen LogP) is 0.695. The molecule has 1 aromatic rings. The molecule has 5 nitrogen and oxygen atoms in total. The van der Waals surface area contributed by atoms with E-state index >= 15 is 0 Å². The maximum absolute atomic E-state index is 6.21. The maximum Gasteiger partial charge on any atom is 0.135 e. The van der Waals surface area contributed by atoms with E-state index in [9.17, 15) is 0 Å². The largest absolute Gasteiger partial charge is 0.493 e. The van der Waals surface area contributed by atoms with Crippen LogP contribution in [0.2, 0.25) is 0 Å². The molecule has 1 aliphatic heterocycles. The third kappa shape index (κ3) is 2.62. The summed E-state index contributed by atoms with van der Waals surface area (Å²) in [7, 11) is 0. The van der Waals surface area contributed by atoms with Crippen LogP contribution in [0.4, 0.5) is 0 Å². The third-order valence-electron chi connectivity index (χ3n) is 3.29. The standard InChI is InChI=1S/C14H17N3O2/c15-13-11(17-9-10-3-5-16-6-4-10)1-2-12-14(13)19-8-7-18-12/h1-6,13-14,17H,7-9,15H2/t13-,14?/m1/s1. The van der Waals surface area contributed by atoms with Crippen molar-refractivity contribution >= 4 is 0 Å². The molecule has 3 N–H and O–H groups in total. The molecule has 1 aliphatic carbocycles. The second kappa shape index (κ2) is 5.42. The Morgan fingerprint density at radius 3 is 2.95 bits per heavy atom. The lowest BCUT2D eigenvalue weighted by atomic mass is 10.00. The molecule has 1 fully saturated rings. The summed E-state index contributed by atoms with van der Waals surface area (Å²) in [4.78, 5) is 4.00. The fourth-order valence-corrected chi connectivity index (χ4v) is 2.25. The van der Waals surface area contributed by atoms with Gasteiger partial charge in [-0.2, -0.15) is 0 Å². The van der Waals surface area contributed by atoms with Gasteiger partial charge in [0.05, 0.1) is 12.6 Å². The van der Waals surface area contributed by atoms with Gasteiger partial charge in [0.1, 0.15) is 18.5 Å². The molecule has 0 bridgehead atoms. The van der Waals surface area contributed by atoms with Crippen LogP contribution in [0.5, 0.6) is 0 Å². The topological polar surface area (TPSA) is 69.4 Å². The lowest BCUT2D eigenvalue weighted by molar-refractivity contribution is -0.0497. The lowest BCUT2D eigenvalue weighted by Gasteiger charge is -2.34. The number of nitrogens with one attached hydrogen (secondary N) is 1. The number of pyridine rings is 1. The molecule has 0 saturated carbocycles. The Kier molecular flexibility index (Phi) is 3.48. The number of nitrogens with two attached hydrogens (primary N) is 1. The molecule has 1 unspecified atom stereocenters. The second-order valence-corrected chi connectivity index (χ2v) is 4.57. The van der Waals surface area contributed by atoms with Gasteiger partial charge >= 0.3 is 0 Å². The van der Waals surface area contributed by atoms with Gasteiger partial charge in [0, 0.05) is 24.6 Å². The van der Waals surface area contributed by atoms with E-state index in [0.29, 0.717) is 13.2 Å². The zero-order chi connectivity index (χ0) is 13.1. The summed E-state index contributed by atoms with van der Waals surface area (Å²) in [5.41, 5.74) is 8.34. The minimum atomic E-state index is -0.206. The van der Waals surface area contributed by atoms with Gasteiger partial charge in [-0.25, -0.2) is 0 Å². The van der Waals surface area contributed by atoms with Crippen molar-refractivity contribution in [2.24, 2.45) is 5.73 Å². The number of hydrogen-bond acceptors (Lipinski definition) is 5. The van der Waals surface area contributed by atoms with Gasteiger partial charge in [0.25, 0.3) is 0 Å². The zero-order valence-electron chi connectivity index (χ0n) is 10.6. The Labute approximate surface area is 112 Å². The van der Waals surface area contributed by atoms with Crippen LogP contribution in [0.25, 0.3) is 0 Å². The molecular weight excluding hydrogens is 242 g/mol. The molecule has 1 saturated heterocycles. The van der Waals surface area contributed by atoms with Gasteiger partial charge in [0.15, 0.2) is 0 Å². The average Bonchev–Trinajstić information content (AvgIpc) is 2.48. The van der Waals surface area contributed by atoms with E-state index in [1.54, 1.807) is 12.4 Å². The van der Waals surface area contributed by atoms with Crippen molar-refractivity contribution in [1.29, 1.82) is 0 Å². The molecule has 3 rings (SSSR count). The van der Waals surface area contributed by atoms with E-state index in [1.165, 1.54) is 5.56 Å². The smallest absolute Gasteiger partial charge is 0.135 e. The molecule has 1 aromatic heterocycles. The van der Waals surface area contributed by atoms with E-state index < -0.39 is 0 Å². The minimum Gasteiger partial charge on any atom is -0.493 e. The number of hydrogen-bond donors (Lipinski definition) is 2. The van der Waals surface area contributed by atoms with Crippen molar-refractivity contribution in [1.82, 2.24) is 10.3 Å². The fraction of sp³-hybridized carbons (Fsp3) is 0.357. The van der Waals surface area contributed by atoms with Gasteiger partial charge in [-0.1, -0.05) is 0 Å². The first kappa shape index (κ1) is 12.2. The van der Waals surface area contributed by atoms with Crippen molar-refractivity contribution in [2.75, 3.05) is 13.2 Å². The quantitative estimate of drug-likeness (QED) is 0.836. The molecule has 0 spiro atoms. The average molecular weight is 259 g/mol. The normalized spacial score (nSPS) is 25.7. The van der Waals surface area contributed by atoms with E-state index in [-0.39, 0.29) is 12.1 Å². The molecule has 100 valence electrons. The van der Waals surface area contributed by atoms with Crippen molar-refractivity contribution < 1.29 is 9.47 Å². The SMILES string of the molecule is N[C@@H]1C(NCc2ccncc2)=CC=C2OCCOC21. The number of allylic oxidation sites excluding steroid dienone is 2. The van der Waals surface area contributed by atoms with Gasteiger partial charge in [-0.3, -0.25) is 4.98 Å². The Morgan fingerprint density at radius 2 is 2.11 bits per heavy atom. The van der Waals surface area contributed by atoms with Crippen LogP contribution in [-0.2, 0) is 16.0 Å². The highest BCUT2D eigenvalue weighted by atomic mass is 16.6. The van der Waals surface area contributed by atoms with Crippen LogP contribution in [-0.4, -0.2) is 30.3 Å². The Morgan fingerprint density at radius 1 is 1.26 bits per heavy atom. The van der Waals surface area contributed by atoms with Crippen LogP contribution in [0.3, 0.4) is 0 Å². The van der Waals surface area contributed by atoms with Crippen LogP contribution in [0.15, 0.2) is 48.1 Å². The molecule has 2 atom stereocenters. The van der Waals surface area contributed by atoms with Gasteiger partial charge in [-0.15, -0.1) is 0 Å². The molecule has 2 heterocycles. The highest BCUT2D eigenvalue weighted by Gasteiger charge is 2.32. The first-order valence-corrected chi connectivity index (χ1v) is 6.39. The molecule has 2 aliphatic rings. The summed E-state index contributed by atoms with van der Waals surface area (Å²) in [6, 6.07) is 3.74. The van der Waals surface area contributed by atoms with Crippen molar-refractivity contribution in [3.63, 3.8) is 0 Å². The number of aromatic nitrogens is 1. The summed E-state index contributed by atoms with van der Waals surface area (Å²) in [6.45, 7) is 1.91. The number of nitrogens with zero attached hydrogens (tertiary/aromatic N) is 1. The minimum absolute atomic E-state index is 0.168. The zero-order valence-corrected chi connectivity index (χ0v) is 10.6. The number of fused-ring (bicyclic) bond motifs is 1. The van der Waals surface area contributed by atoms with E-state index in [1.807, 2.05) is 24.3 Å². The molecular formula is C14H17N3O2. The van der Waals surface area contributed by atoms with Crippen molar-refractivity contribution in [3.8, 4) is 0 Å². The molecule has 0 aromatic carbocycles. The van der Waals surface area contributed by atoms with Crippen molar-refractivity contribution in [3.05, 3.63) is 53.7 Å². The lowest BCUT2D eigenvalue weighted by Crippen LogP contribution is -2.47. The molecule has 0 radical (unpaired) electrons. The Balaban J connectivity index is 1.67. The summed E-state index contributed by atoms with van der Waals surface area (Å²) in [5, 5.41) is 3.35.